The van der Waals surface area contributed by atoms with Gasteiger partial charge >= 0.3 is 0 Å². The Bertz CT molecular complexity index is 1050. The molecule has 0 amide bonds. The average molecular weight is 450 g/mol. The van der Waals surface area contributed by atoms with Gasteiger partial charge in [0.2, 0.25) is 0 Å². The molecule has 3 aromatic rings. The molecule has 0 unspecified atom stereocenters. The van der Waals surface area contributed by atoms with Gasteiger partial charge in [0.1, 0.15) is 23.9 Å². The summed E-state index contributed by atoms with van der Waals surface area (Å²) >= 11 is 6.13. The predicted octanol–water partition coefficient (Wildman–Crippen LogP) is 5.83. The van der Waals surface area contributed by atoms with Gasteiger partial charge in [-0.05, 0) is 67.4 Å². The molecular weight excluding hydrogens is 422 g/mol. The predicted molar refractivity (Wildman–Crippen MR) is 127 cm³/mol. The number of benzene rings is 3. The lowest BCUT2D eigenvalue weighted by Crippen LogP contribution is -2.25. The minimum atomic E-state index is 0.110. The van der Waals surface area contributed by atoms with Crippen LogP contribution in [0.5, 0.6) is 17.2 Å². The van der Waals surface area contributed by atoms with Gasteiger partial charge in [0.05, 0.1) is 6.61 Å². The first kappa shape index (κ1) is 21.2. The third-order valence-electron chi connectivity index (χ3n) is 6.57. The third-order valence-corrected chi connectivity index (χ3v) is 6.82. The fraction of sp³-hybridized carbons (Fsp3) is 0.333. The smallest absolute Gasteiger partial charge is 0.126 e. The number of phenolic OH excluding ortho intramolecular Hbond substituents is 1. The fourth-order valence-corrected chi connectivity index (χ4v) is 5.00. The van der Waals surface area contributed by atoms with Gasteiger partial charge in [0.25, 0.3) is 0 Å². The SMILES string of the molecule is Oc1ccc2c(c1)OC[C@@H](c1ccc(Cl)cc1)[C@@H]2c1ccc(OCCN2CCCC2)cc1. The second kappa shape index (κ2) is 9.43. The normalized spacial score (nSPS) is 20.5. The van der Waals surface area contributed by atoms with Gasteiger partial charge in [-0.15, -0.1) is 0 Å². The van der Waals surface area contributed by atoms with Crippen molar-refractivity contribution in [1.82, 2.24) is 4.90 Å². The summed E-state index contributed by atoms with van der Waals surface area (Å²) in [6.07, 6.45) is 2.60. The Labute approximate surface area is 194 Å². The molecule has 0 aliphatic carbocycles. The van der Waals surface area contributed by atoms with Gasteiger partial charge in [-0.2, -0.15) is 0 Å². The molecule has 3 aromatic carbocycles. The van der Waals surface area contributed by atoms with E-state index < -0.39 is 0 Å². The van der Waals surface area contributed by atoms with Crippen LogP contribution in [0.25, 0.3) is 0 Å². The Kier molecular flexibility index (Phi) is 6.24. The molecule has 2 atom stereocenters. The van der Waals surface area contributed by atoms with Gasteiger partial charge in [-0.25, -0.2) is 0 Å². The zero-order chi connectivity index (χ0) is 21.9. The molecule has 5 heteroatoms. The van der Waals surface area contributed by atoms with Crippen molar-refractivity contribution in [3.63, 3.8) is 0 Å². The summed E-state index contributed by atoms with van der Waals surface area (Å²) in [5.74, 6) is 2.11. The Hall–Kier alpha value is -2.69. The lowest BCUT2D eigenvalue weighted by molar-refractivity contribution is 0.237. The number of ether oxygens (including phenoxy) is 2. The summed E-state index contributed by atoms with van der Waals surface area (Å²) in [4.78, 5) is 2.46. The molecule has 0 bridgehead atoms. The molecule has 166 valence electrons. The molecule has 4 nitrogen and oxygen atoms in total. The number of rotatable bonds is 6. The second-order valence-electron chi connectivity index (χ2n) is 8.64. The molecule has 0 spiro atoms. The molecule has 2 heterocycles. The minimum Gasteiger partial charge on any atom is -0.508 e. The molecule has 1 fully saturated rings. The second-order valence-corrected chi connectivity index (χ2v) is 9.07. The Balaban J connectivity index is 1.39. The standard InChI is InChI=1S/C27H28ClNO3/c28-21-7-3-19(4-8-21)25-18-32-26-17-22(30)9-12-24(26)27(25)20-5-10-23(11-6-20)31-16-15-29-13-1-2-14-29/h3-12,17,25,27,30H,1-2,13-16,18H2/t25-,27+/m0/s1. The van der Waals surface area contributed by atoms with Crippen LogP contribution in [0.3, 0.4) is 0 Å². The number of halogens is 1. The quantitative estimate of drug-likeness (QED) is 0.514. The summed E-state index contributed by atoms with van der Waals surface area (Å²) in [5.41, 5.74) is 3.47. The topological polar surface area (TPSA) is 41.9 Å². The first-order valence-corrected chi connectivity index (χ1v) is 11.7. The summed E-state index contributed by atoms with van der Waals surface area (Å²) in [6, 6.07) is 21.8. The maximum Gasteiger partial charge on any atom is 0.126 e. The van der Waals surface area contributed by atoms with Crippen molar-refractivity contribution in [2.24, 2.45) is 0 Å². The van der Waals surface area contributed by atoms with Crippen LogP contribution in [0.2, 0.25) is 5.02 Å². The van der Waals surface area contributed by atoms with Gasteiger partial charge in [-0.3, -0.25) is 4.90 Å². The first-order valence-electron chi connectivity index (χ1n) is 11.3. The van der Waals surface area contributed by atoms with E-state index in [9.17, 15) is 5.11 Å². The number of hydrogen-bond acceptors (Lipinski definition) is 4. The van der Waals surface area contributed by atoms with Crippen molar-refractivity contribution >= 4 is 11.6 Å². The van der Waals surface area contributed by atoms with Crippen LogP contribution in [-0.4, -0.2) is 42.9 Å². The van der Waals surface area contributed by atoms with E-state index in [-0.39, 0.29) is 17.6 Å². The van der Waals surface area contributed by atoms with E-state index in [0.29, 0.717) is 13.2 Å². The summed E-state index contributed by atoms with van der Waals surface area (Å²) in [6.45, 7) is 4.61. The molecule has 0 aromatic heterocycles. The van der Waals surface area contributed by atoms with Crippen molar-refractivity contribution in [2.75, 3.05) is 32.8 Å². The molecule has 0 radical (unpaired) electrons. The highest BCUT2D eigenvalue weighted by molar-refractivity contribution is 6.30. The highest BCUT2D eigenvalue weighted by Crippen LogP contribution is 2.47. The molecule has 2 aliphatic rings. The lowest BCUT2D eigenvalue weighted by Gasteiger charge is -2.34. The largest absolute Gasteiger partial charge is 0.508 e. The zero-order valence-electron chi connectivity index (χ0n) is 18.0. The van der Waals surface area contributed by atoms with E-state index in [1.807, 2.05) is 18.2 Å². The Morgan fingerprint density at radius 3 is 2.41 bits per heavy atom. The van der Waals surface area contributed by atoms with Crippen molar-refractivity contribution in [3.8, 4) is 17.2 Å². The van der Waals surface area contributed by atoms with Crippen LogP contribution >= 0.6 is 11.6 Å². The van der Waals surface area contributed by atoms with Crippen LogP contribution in [0, 0.1) is 0 Å². The van der Waals surface area contributed by atoms with Crippen LogP contribution < -0.4 is 9.47 Å². The number of nitrogens with zero attached hydrogens (tertiary/aromatic N) is 1. The average Bonchev–Trinajstić information content (AvgIpc) is 3.33. The van der Waals surface area contributed by atoms with Gasteiger partial charge in [0, 0.05) is 35.0 Å². The maximum atomic E-state index is 9.94. The van der Waals surface area contributed by atoms with E-state index in [0.717, 1.165) is 28.6 Å². The number of hydrogen-bond donors (Lipinski definition) is 1. The number of phenols is 1. The van der Waals surface area contributed by atoms with E-state index >= 15 is 0 Å². The number of aromatic hydroxyl groups is 1. The van der Waals surface area contributed by atoms with Crippen molar-refractivity contribution in [3.05, 3.63) is 88.4 Å². The molecule has 2 aliphatic heterocycles. The van der Waals surface area contributed by atoms with Gasteiger partial charge < -0.3 is 14.6 Å². The van der Waals surface area contributed by atoms with Crippen LogP contribution in [0.1, 0.15) is 41.4 Å². The summed E-state index contributed by atoms with van der Waals surface area (Å²) in [7, 11) is 0. The zero-order valence-corrected chi connectivity index (χ0v) is 18.8. The maximum absolute atomic E-state index is 9.94. The van der Waals surface area contributed by atoms with E-state index in [1.165, 1.54) is 37.1 Å². The molecule has 5 rings (SSSR count). The minimum absolute atomic E-state index is 0.110. The van der Waals surface area contributed by atoms with Crippen LogP contribution in [0.4, 0.5) is 0 Å². The summed E-state index contributed by atoms with van der Waals surface area (Å²) in [5, 5.41) is 10.7. The highest BCUT2D eigenvalue weighted by Gasteiger charge is 2.33. The van der Waals surface area contributed by atoms with Crippen molar-refractivity contribution < 1.29 is 14.6 Å². The molecule has 1 saturated heterocycles. The first-order chi connectivity index (χ1) is 15.7. The van der Waals surface area contributed by atoms with Gasteiger partial charge in [-0.1, -0.05) is 41.9 Å². The third kappa shape index (κ3) is 4.57. The van der Waals surface area contributed by atoms with Crippen molar-refractivity contribution in [1.29, 1.82) is 0 Å². The van der Waals surface area contributed by atoms with Crippen LogP contribution in [-0.2, 0) is 0 Å². The molecule has 0 saturated carbocycles. The van der Waals surface area contributed by atoms with E-state index in [1.54, 1.807) is 12.1 Å². The molecule has 1 N–H and O–H groups in total. The monoisotopic (exact) mass is 449 g/mol. The van der Waals surface area contributed by atoms with Gasteiger partial charge in [0.15, 0.2) is 0 Å². The fourth-order valence-electron chi connectivity index (χ4n) is 4.88. The molecule has 32 heavy (non-hydrogen) atoms. The highest BCUT2D eigenvalue weighted by atomic mass is 35.5. The number of fused-ring (bicyclic) bond motifs is 1. The van der Waals surface area contributed by atoms with Crippen LogP contribution in [0.15, 0.2) is 66.7 Å². The Morgan fingerprint density at radius 1 is 0.938 bits per heavy atom. The molecular formula is C27H28ClNO3. The summed E-state index contributed by atoms with van der Waals surface area (Å²) < 4.78 is 12.1. The number of likely N-dealkylation sites (tertiary alicyclic amines) is 1. The lowest BCUT2D eigenvalue weighted by atomic mass is 9.76. The van der Waals surface area contributed by atoms with Crippen molar-refractivity contribution in [2.45, 2.75) is 24.7 Å². The van der Waals surface area contributed by atoms with E-state index in [4.69, 9.17) is 21.1 Å². The Morgan fingerprint density at radius 2 is 1.66 bits per heavy atom. The van der Waals surface area contributed by atoms with E-state index in [2.05, 4.69) is 41.3 Å².